The second kappa shape index (κ2) is 8.33. The van der Waals surface area contributed by atoms with Crippen LogP contribution in [0.1, 0.15) is 30.8 Å². The van der Waals surface area contributed by atoms with Crippen LogP contribution >= 0.6 is 0 Å². The number of aromatic nitrogens is 2. The summed E-state index contributed by atoms with van der Waals surface area (Å²) in [4.78, 5) is 11.4. The summed E-state index contributed by atoms with van der Waals surface area (Å²) in [5.41, 5.74) is 2.76. The Kier molecular flexibility index (Phi) is 5.68. The third kappa shape index (κ3) is 4.83. The molecule has 0 unspecified atom stereocenters. The van der Waals surface area contributed by atoms with Gasteiger partial charge in [-0.3, -0.25) is 0 Å². The molecule has 2 aromatic carbocycles. The molecule has 0 aliphatic heterocycles. The van der Waals surface area contributed by atoms with Gasteiger partial charge in [-0.2, -0.15) is 5.26 Å². The Labute approximate surface area is 160 Å². The number of aryl methyl sites for hydroxylation is 1. The van der Waals surface area contributed by atoms with Gasteiger partial charge < -0.3 is 10.2 Å². The van der Waals surface area contributed by atoms with Crippen LogP contribution in [0.2, 0.25) is 0 Å². The molecule has 5 nitrogen and oxygen atoms in total. The van der Waals surface area contributed by atoms with E-state index in [2.05, 4.69) is 64.4 Å². The van der Waals surface area contributed by atoms with Crippen LogP contribution in [0.5, 0.6) is 0 Å². The third-order valence-corrected chi connectivity index (χ3v) is 4.22. The van der Waals surface area contributed by atoms with Crippen molar-refractivity contribution in [1.29, 1.82) is 5.26 Å². The summed E-state index contributed by atoms with van der Waals surface area (Å²) in [6.07, 6.45) is 0. The lowest BCUT2D eigenvalue weighted by molar-refractivity contribution is 0.670. The van der Waals surface area contributed by atoms with Crippen LogP contribution in [-0.2, 0) is 6.54 Å². The van der Waals surface area contributed by atoms with Crippen molar-refractivity contribution in [3.8, 4) is 6.07 Å². The number of nitriles is 1. The normalized spacial score (nSPS) is 10.5. The number of hydrogen-bond acceptors (Lipinski definition) is 5. The minimum Gasteiger partial charge on any atom is -0.350 e. The van der Waals surface area contributed by atoms with Crippen LogP contribution in [0.3, 0.4) is 0 Å². The van der Waals surface area contributed by atoms with Gasteiger partial charge in [-0.15, -0.1) is 0 Å². The standard InChI is InChI=1S/C22H23N5/c1-16(2)27(15-19-7-5-4-6-8-19)22-13-21(24-17(3)25-22)26-20-11-9-18(14-23)10-12-20/h4-13,16H,15H2,1-3H3,(H,24,25,26). The van der Waals surface area contributed by atoms with Gasteiger partial charge in [0.05, 0.1) is 11.6 Å². The smallest absolute Gasteiger partial charge is 0.136 e. The molecule has 0 amide bonds. The summed E-state index contributed by atoms with van der Waals surface area (Å²) in [6.45, 7) is 7.00. The maximum atomic E-state index is 8.93. The van der Waals surface area contributed by atoms with Gasteiger partial charge in [0.2, 0.25) is 0 Å². The Morgan fingerprint density at radius 1 is 1.04 bits per heavy atom. The van der Waals surface area contributed by atoms with Crippen molar-refractivity contribution in [3.05, 3.63) is 77.6 Å². The molecule has 0 atom stereocenters. The van der Waals surface area contributed by atoms with Gasteiger partial charge in [0.1, 0.15) is 17.5 Å². The van der Waals surface area contributed by atoms with Crippen molar-refractivity contribution in [1.82, 2.24) is 9.97 Å². The van der Waals surface area contributed by atoms with Gasteiger partial charge in [-0.05, 0) is 50.6 Å². The van der Waals surface area contributed by atoms with E-state index in [9.17, 15) is 0 Å². The topological polar surface area (TPSA) is 64.8 Å². The van der Waals surface area contributed by atoms with Crippen molar-refractivity contribution in [3.63, 3.8) is 0 Å². The maximum absolute atomic E-state index is 8.93. The van der Waals surface area contributed by atoms with Crippen LogP contribution in [0, 0.1) is 18.3 Å². The molecule has 0 aliphatic carbocycles. The molecule has 0 spiro atoms. The average Bonchev–Trinajstić information content (AvgIpc) is 2.67. The van der Waals surface area contributed by atoms with E-state index in [0.717, 1.165) is 23.9 Å². The van der Waals surface area contributed by atoms with E-state index < -0.39 is 0 Å². The largest absolute Gasteiger partial charge is 0.350 e. The average molecular weight is 357 g/mol. The van der Waals surface area contributed by atoms with Crippen molar-refractivity contribution in [2.24, 2.45) is 0 Å². The molecule has 3 aromatic rings. The summed E-state index contributed by atoms with van der Waals surface area (Å²) >= 11 is 0. The van der Waals surface area contributed by atoms with Gasteiger partial charge in [-0.1, -0.05) is 30.3 Å². The first-order valence-electron chi connectivity index (χ1n) is 8.98. The second-order valence-electron chi connectivity index (χ2n) is 6.68. The summed E-state index contributed by atoms with van der Waals surface area (Å²) in [5, 5.41) is 12.2. The van der Waals surface area contributed by atoms with Crippen LogP contribution < -0.4 is 10.2 Å². The fraction of sp³-hybridized carbons (Fsp3) is 0.227. The molecule has 136 valence electrons. The first kappa shape index (κ1) is 18.4. The number of nitrogens with zero attached hydrogens (tertiary/aromatic N) is 4. The van der Waals surface area contributed by atoms with Gasteiger partial charge >= 0.3 is 0 Å². The van der Waals surface area contributed by atoms with Crippen molar-refractivity contribution >= 4 is 17.3 Å². The van der Waals surface area contributed by atoms with Crippen LogP contribution in [0.25, 0.3) is 0 Å². The van der Waals surface area contributed by atoms with Crippen molar-refractivity contribution in [2.75, 3.05) is 10.2 Å². The first-order valence-corrected chi connectivity index (χ1v) is 8.98. The Balaban J connectivity index is 1.86. The van der Waals surface area contributed by atoms with E-state index in [0.29, 0.717) is 17.4 Å². The summed E-state index contributed by atoms with van der Waals surface area (Å²) in [6, 6.07) is 22.1. The van der Waals surface area contributed by atoms with Crippen LogP contribution in [0.4, 0.5) is 17.3 Å². The Morgan fingerprint density at radius 3 is 2.37 bits per heavy atom. The van der Waals surface area contributed by atoms with E-state index >= 15 is 0 Å². The summed E-state index contributed by atoms with van der Waals surface area (Å²) in [7, 11) is 0. The molecule has 27 heavy (non-hydrogen) atoms. The lowest BCUT2D eigenvalue weighted by Gasteiger charge is -2.28. The lowest BCUT2D eigenvalue weighted by Crippen LogP contribution is -2.31. The van der Waals surface area contributed by atoms with Gasteiger partial charge in [0.25, 0.3) is 0 Å². The molecule has 0 radical (unpaired) electrons. The van der Waals surface area contributed by atoms with Gasteiger partial charge in [0, 0.05) is 24.3 Å². The lowest BCUT2D eigenvalue weighted by atomic mass is 10.2. The van der Waals surface area contributed by atoms with Crippen molar-refractivity contribution < 1.29 is 0 Å². The predicted octanol–water partition coefficient (Wildman–Crippen LogP) is 4.82. The molecule has 0 aliphatic rings. The quantitative estimate of drug-likeness (QED) is 0.685. The number of nitrogens with one attached hydrogen (secondary N) is 1. The minimum atomic E-state index is 0.294. The third-order valence-electron chi connectivity index (χ3n) is 4.22. The zero-order chi connectivity index (χ0) is 19.2. The highest BCUT2D eigenvalue weighted by molar-refractivity contribution is 5.60. The summed E-state index contributed by atoms with van der Waals surface area (Å²) < 4.78 is 0. The van der Waals surface area contributed by atoms with Crippen LogP contribution in [-0.4, -0.2) is 16.0 Å². The molecular formula is C22H23N5. The van der Waals surface area contributed by atoms with E-state index in [4.69, 9.17) is 5.26 Å². The highest BCUT2D eigenvalue weighted by atomic mass is 15.2. The number of rotatable bonds is 6. The molecule has 0 fully saturated rings. The molecule has 0 saturated carbocycles. The fourth-order valence-electron chi connectivity index (χ4n) is 2.85. The minimum absolute atomic E-state index is 0.294. The second-order valence-corrected chi connectivity index (χ2v) is 6.68. The van der Waals surface area contributed by atoms with E-state index in [1.54, 1.807) is 12.1 Å². The molecule has 1 aromatic heterocycles. The number of benzene rings is 2. The fourth-order valence-corrected chi connectivity index (χ4v) is 2.85. The highest BCUT2D eigenvalue weighted by Crippen LogP contribution is 2.23. The van der Waals surface area contributed by atoms with Crippen molar-refractivity contribution in [2.45, 2.75) is 33.4 Å². The zero-order valence-corrected chi connectivity index (χ0v) is 15.8. The number of anilines is 3. The summed E-state index contributed by atoms with van der Waals surface area (Å²) in [5.74, 6) is 2.33. The molecule has 3 rings (SSSR count). The Bertz CT molecular complexity index is 927. The number of hydrogen-bond donors (Lipinski definition) is 1. The monoisotopic (exact) mass is 357 g/mol. The van der Waals surface area contributed by atoms with E-state index in [1.165, 1.54) is 5.56 Å². The SMILES string of the molecule is Cc1nc(Nc2ccc(C#N)cc2)cc(N(Cc2ccccc2)C(C)C)n1. The van der Waals surface area contributed by atoms with E-state index in [-0.39, 0.29) is 0 Å². The van der Waals surface area contributed by atoms with Crippen LogP contribution in [0.15, 0.2) is 60.7 Å². The van der Waals surface area contributed by atoms with Gasteiger partial charge in [0.15, 0.2) is 0 Å². The molecule has 5 heteroatoms. The first-order chi connectivity index (χ1) is 13.0. The molecule has 1 heterocycles. The Morgan fingerprint density at radius 2 is 1.74 bits per heavy atom. The molecular weight excluding hydrogens is 334 g/mol. The zero-order valence-electron chi connectivity index (χ0n) is 15.8. The maximum Gasteiger partial charge on any atom is 0.136 e. The van der Waals surface area contributed by atoms with Gasteiger partial charge in [-0.25, -0.2) is 9.97 Å². The van der Waals surface area contributed by atoms with E-state index in [1.807, 2.05) is 31.2 Å². The molecule has 0 bridgehead atoms. The molecule has 0 saturated heterocycles. The predicted molar refractivity (Wildman–Crippen MR) is 109 cm³/mol. The molecule has 1 N–H and O–H groups in total. The highest BCUT2D eigenvalue weighted by Gasteiger charge is 2.15. The Hall–Kier alpha value is -3.39.